The second-order valence-electron chi connectivity index (χ2n) is 6.90. The summed E-state index contributed by atoms with van der Waals surface area (Å²) in [6.07, 6.45) is 6.00. The van der Waals surface area contributed by atoms with Crippen molar-refractivity contribution in [1.29, 1.82) is 0 Å². The van der Waals surface area contributed by atoms with E-state index in [0.717, 1.165) is 50.5 Å². The van der Waals surface area contributed by atoms with E-state index in [1.807, 2.05) is 17.0 Å². The monoisotopic (exact) mass is 345 g/mol. The molecule has 0 aromatic carbocycles. The van der Waals surface area contributed by atoms with E-state index in [0.29, 0.717) is 12.5 Å². The Morgan fingerprint density at radius 2 is 1.88 bits per heavy atom. The Morgan fingerprint density at radius 1 is 1.16 bits per heavy atom. The second kappa shape index (κ2) is 8.18. The third-order valence-corrected chi connectivity index (χ3v) is 4.97. The highest BCUT2D eigenvalue weighted by atomic mass is 16.2. The lowest BCUT2D eigenvalue weighted by Crippen LogP contribution is -2.43. The molecule has 2 N–H and O–H groups in total. The van der Waals surface area contributed by atoms with Crippen molar-refractivity contribution in [2.75, 3.05) is 42.9 Å². The quantitative estimate of drug-likeness (QED) is 0.876. The van der Waals surface area contributed by atoms with Crippen LogP contribution in [0.3, 0.4) is 0 Å². The molecule has 2 aliphatic rings. The number of hydrogen-bond donors (Lipinski definition) is 2. The molecule has 136 valence electrons. The molecule has 0 spiro atoms. The third-order valence-electron chi connectivity index (χ3n) is 4.97. The zero-order valence-corrected chi connectivity index (χ0v) is 14.8. The number of carbonyl (C=O) groups is 2. The first-order valence-electron chi connectivity index (χ1n) is 9.13. The van der Waals surface area contributed by atoms with Gasteiger partial charge >= 0.3 is 6.03 Å². The van der Waals surface area contributed by atoms with Gasteiger partial charge in [0.1, 0.15) is 5.82 Å². The predicted octanol–water partition coefficient (Wildman–Crippen LogP) is 2.06. The van der Waals surface area contributed by atoms with E-state index in [1.165, 1.54) is 19.8 Å². The minimum atomic E-state index is -0.0753. The predicted molar refractivity (Wildman–Crippen MR) is 97.7 cm³/mol. The number of pyridine rings is 1. The fraction of sp³-hybridized carbons (Fsp3) is 0.611. The molecule has 0 saturated carbocycles. The van der Waals surface area contributed by atoms with E-state index < -0.39 is 0 Å². The van der Waals surface area contributed by atoms with E-state index in [4.69, 9.17) is 0 Å². The summed E-state index contributed by atoms with van der Waals surface area (Å²) in [5.41, 5.74) is 0.730. The van der Waals surface area contributed by atoms with Crippen LogP contribution in [0, 0.1) is 5.92 Å². The smallest absolute Gasteiger partial charge is 0.321 e. The number of nitrogens with one attached hydrogen (secondary N) is 2. The summed E-state index contributed by atoms with van der Waals surface area (Å²) in [5, 5.41) is 5.79. The van der Waals surface area contributed by atoms with Gasteiger partial charge in [-0.05, 0) is 43.7 Å². The topological polar surface area (TPSA) is 77.6 Å². The van der Waals surface area contributed by atoms with Gasteiger partial charge in [0.15, 0.2) is 0 Å². The van der Waals surface area contributed by atoms with Crippen LogP contribution < -0.4 is 15.5 Å². The average Bonchev–Trinajstić information content (AvgIpc) is 3.15. The van der Waals surface area contributed by atoms with Crippen molar-refractivity contribution in [1.82, 2.24) is 15.2 Å². The normalized spacial score (nSPS) is 18.3. The van der Waals surface area contributed by atoms with Crippen LogP contribution in [0.15, 0.2) is 18.3 Å². The van der Waals surface area contributed by atoms with Gasteiger partial charge in [0.05, 0.1) is 11.9 Å². The molecule has 1 aromatic rings. The maximum Gasteiger partial charge on any atom is 0.321 e. The van der Waals surface area contributed by atoms with E-state index >= 15 is 0 Å². The first-order chi connectivity index (χ1) is 12.1. The van der Waals surface area contributed by atoms with Crippen molar-refractivity contribution in [3.05, 3.63) is 18.3 Å². The number of nitrogens with zero attached hydrogens (tertiary/aromatic N) is 3. The van der Waals surface area contributed by atoms with Gasteiger partial charge in [-0.25, -0.2) is 9.78 Å². The fourth-order valence-electron chi connectivity index (χ4n) is 3.42. The van der Waals surface area contributed by atoms with Crippen LogP contribution in [0.1, 0.15) is 32.6 Å². The molecule has 7 heteroatoms. The SMILES string of the molecule is CC(=O)NCC1CCN(C(=O)Nc2ccc(N3CCCC3)nc2)CC1. The summed E-state index contributed by atoms with van der Waals surface area (Å²) < 4.78 is 0. The van der Waals surface area contributed by atoms with Crippen molar-refractivity contribution in [3.63, 3.8) is 0 Å². The Bertz CT molecular complexity index is 590. The zero-order valence-electron chi connectivity index (χ0n) is 14.8. The number of urea groups is 1. The van der Waals surface area contributed by atoms with Crippen LogP contribution in [0.4, 0.5) is 16.3 Å². The summed E-state index contributed by atoms with van der Waals surface area (Å²) >= 11 is 0. The Kier molecular flexibility index (Phi) is 5.73. The third kappa shape index (κ3) is 4.84. The molecule has 2 fully saturated rings. The molecule has 0 unspecified atom stereocenters. The number of likely N-dealkylation sites (tertiary alicyclic amines) is 1. The number of hydrogen-bond acceptors (Lipinski definition) is 4. The van der Waals surface area contributed by atoms with Gasteiger partial charge in [-0.15, -0.1) is 0 Å². The fourth-order valence-corrected chi connectivity index (χ4v) is 3.42. The molecule has 2 aliphatic heterocycles. The zero-order chi connectivity index (χ0) is 17.6. The van der Waals surface area contributed by atoms with Crippen molar-refractivity contribution < 1.29 is 9.59 Å². The molecule has 0 aliphatic carbocycles. The van der Waals surface area contributed by atoms with Gasteiger partial charge in [-0.3, -0.25) is 4.79 Å². The molecule has 3 amide bonds. The van der Waals surface area contributed by atoms with Crippen LogP contribution in [-0.2, 0) is 4.79 Å². The van der Waals surface area contributed by atoms with Crippen LogP contribution >= 0.6 is 0 Å². The summed E-state index contributed by atoms with van der Waals surface area (Å²) in [4.78, 5) is 31.9. The summed E-state index contributed by atoms with van der Waals surface area (Å²) in [5.74, 6) is 1.44. The van der Waals surface area contributed by atoms with Gasteiger partial charge in [0.2, 0.25) is 5.91 Å². The first-order valence-corrected chi connectivity index (χ1v) is 9.13. The van der Waals surface area contributed by atoms with Crippen molar-refractivity contribution in [2.24, 2.45) is 5.92 Å². The standard InChI is InChI=1S/C18H27N5O2/c1-14(24)19-12-15-6-10-23(11-7-15)18(25)21-16-4-5-17(20-13-16)22-8-2-3-9-22/h4-5,13,15H,2-3,6-12H2,1H3,(H,19,24)(H,21,25). The van der Waals surface area contributed by atoms with E-state index in [2.05, 4.69) is 20.5 Å². The van der Waals surface area contributed by atoms with Crippen molar-refractivity contribution in [3.8, 4) is 0 Å². The highest BCUT2D eigenvalue weighted by Crippen LogP contribution is 2.20. The lowest BCUT2D eigenvalue weighted by atomic mass is 9.97. The van der Waals surface area contributed by atoms with Crippen molar-refractivity contribution >= 4 is 23.4 Å². The molecule has 0 bridgehead atoms. The summed E-state index contributed by atoms with van der Waals surface area (Å²) in [6, 6.07) is 3.82. The van der Waals surface area contributed by atoms with Crippen LogP contribution in [-0.4, -0.2) is 54.5 Å². The van der Waals surface area contributed by atoms with E-state index in [9.17, 15) is 9.59 Å². The Hall–Kier alpha value is -2.31. The van der Waals surface area contributed by atoms with Gasteiger partial charge in [-0.1, -0.05) is 0 Å². The average molecular weight is 345 g/mol. The minimum Gasteiger partial charge on any atom is -0.357 e. The van der Waals surface area contributed by atoms with Gasteiger partial charge in [-0.2, -0.15) is 0 Å². The highest BCUT2D eigenvalue weighted by molar-refractivity contribution is 5.89. The van der Waals surface area contributed by atoms with Gasteiger partial charge in [0, 0.05) is 39.6 Å². The lowest BCUT2D eigenvalue weighted by Gasteiger charge is -2.32. The molecule has 2 saturated heterocycles. The Labute approximate surface area is 148 Å². The number of anilines is 2. The maximum atomic E-state index is 12.4. The van der Waals surface area contributed by atoms with Crippen LogP contribution in [0.25, 0.3) is 0 Å². The minimum absolute atomic E-state index is 0.00468. The highest BCUT2D eigenvalue weighted by Gasteiger charge is 2.23. The first kappa shape index (κ1) is 17.5. The molecule has 0 radical (unpaired) electrons. The second-order valence-corrected chi connectivity index (χ2v) is 6.90. The molecule has 3 rings (SSSR count). The maximum absolute atomic E-state index is 12.4. The number of carbonyl (C=O) groups excluding carboxylic acids is 2. The van der Waals surface area contributed by atoms with Crippen LogP contribution in [0.5, 0.6) is 0 Å². The van der Waals surface area contributed by atoms with E-state index in [1.54, 1.807) is 6.20 Å². The summed E-state index contributed by atoms with van der Waals surface area (Å²) in [6.45, 7) is 5.79. The molecule has 7 nitrogen and oxygen atoms in total. The number of amides is 3. The number of aromatic nitrogens is 1. The van der Waals surface area contributed by atoms with E-state index in [-0.39, 0.29) is 11.9 Å². The molecular weight excluding hydrogens is 318 g/mol. The largest absolute Gasteiger partial charge is 0.357 e. The Morgan fingerprint density at radius 3 is 2.48 bits per heavy atom. The molecular formula is C18H27N5O2. The summed E-state index contributed by atoms with van der Waals surface area (Å²) in [7, 11) is 0. The molecule has 25 heavy (non-hydrogen) atoms. The molecule has 0 atom stereocenters. The van der Waals surface area contributed by atoms with Crippen molar-refractivity contribution in [2.45, 2.75) is 32.6 Å². The lowest BCUT2D eigenvalue weighted by molar-refractivity contribution is -0.119. The molecule has 3 heterocycles. The Balaban J connectivity index is 1.45. The molecule has 1 aromatic heterocycles. The van der Waals surface area contributed by atoms with Gasteiger partial charge < -0.3 is 20.4 Å². The number of rotatable bonds is 4. The van der Waals surface area contributed by atoms with Crippen LogP contribution in [0.2, 0.25) is 0 Å². The van der Waals surface area contributed by atoms with Gasteiger partial charge in [0.25, 0.3) is 0 Å². The number of piperidine rings is 1.